The first kappa shape index (κ1) is 34.4. The number of nitrogens with zero attached hydrogens (tertiary/aromatic N) is 4. The summed E-state index contributed by atoms with van der Waals surface area (Å²) in [6, 6.07) is 9.76. The van der Waals surface area contributed by atoms with Crippen LogP contribution in [0.25, 0.3) is 5.70 Å². The lowest BCUT2D eigenvalue weighted by Crippen LogP contribution is -2.60. The third-order valence-electron chi connectivity index (χ3n) is 9.26. The number of alkyl halides is 2. The highest BCUT2D eigenvalue weighted by molar-refractivity contribution is 6.30. The zero-order chi connectivity index (χ0) is 33.9. The molecule has 3 aliphatic heterocycles. The van der Waals surface area contributed by atoms with Crippen molar-refractivity contribution in [3.63, 3.8) is 0 Å². The number of anilines is 1. The van der Waals surface area contributed by atoms with Crippen molar-refractivity contribution in [2.75, 3.05) is 25.6 Å². The van der Waals surface area contributed by atoms with Gasteiger partial charge in [-0.3, -0.25) is 9.69 Å². The molecule has 1 saturated heterocycles. The summed E-state index contributed by atoms with van der Waals surface area (Å²) in [5, 5.41) is 13.6. The minimum Gasteiger partial charge on any atom is -0.400 e. The van der Waals surface area contributed by atoms with Crippen LogP contribution in [-0.2, 0) is 9.53 Å². The number of morpholine rings is 1. The molecule has 0 radical (unpaired) electrons. The van der Waals surface area contributed by atoms with Gasteiger partial charge >= 0.3 is 0 Å². The number of pyridine rings is 1. The molecule has 0 spiro atoms. The molecule has 5 N–H and O–H groups in total. The Bertz CT molecular complexity index is 1560. The molecule has 1 amide bonds. The van der Waals surface area contributed by atoms with Crippen LogP contribution in [-0.4, -0.2) is 82.5 Å². The molecule has 6 rings (SSSR count). The highest BCUT2D eigenvalue weighted by atomic mass is 35.5. The van der Waals surface area contributed by atoms with Crippen LogP contribution < -0.4 is 16.4 Å². The number of rotatable bonds is 7. The van der Waals surface area contributed by atoms with Crippen molar-refractivity contribution >= 4 is 41.1 Å². The van der Waals surface area contributed by atoms with Gasteiger partial charge in [-0.1, -0.05) is 30.7 Å². The third kappa shape index (κ3) is 7.18. The van der Waals surface area contributed by atoms with Crippen molar-refractivity contribution < 1.29 is 28.2 Å². The van der Waals surface area contributed by atoms with E-state index in [0.29, 0.717) is 41.3 Å². The Morgan fingerprint density at radius 1 is 1.23 bits per heavy atom. The smallest absolute Gasteiger partial charge is 0.264 e. The zero-order valence-electron chi connectivity index (χ0n) is 26.5. The molecule has 2 fully saturated rings. The average Bonchev–Trinajstić information content (AvgIpc) is 3.50. The number of benzene rings is 1. The Morgan fingerprint density at radius 3 is 2.60 bits per heavy atom. The predicted molar refractivity (Wildman–Crippen MR) is 175 cm³/mol. The van der Waals surface area contributed by atoms with Crippen LogP contribution >= 0.6 is 11.6 Å². The highest BCUT2D eigenvalue weighted by Crippen LogP contribution is 2.40. The molecule has 1 saturated carbocycles. The van der Waals surface area contributed by atoms with Gasteiger partial charge in [0.25, 0.3) is 12.3 Å². The average molecular weight is 672 g/mol. The number of halogens is 3. The number of carbonyl (C=O) groups is 2. The molecule has 1 aromatic heterocycles. The minimum atomic E-state index is -2.67. The Balaban J connectivity index is 0.00000213. The number of ether oxygens (including phenoxy) is 1. The number of aromatic nitrogens is 1. The summed E-state index contributed by atoms with van der Waals surface area (Å²) in [7, 11) is 1.00. The summed E-state index contributed by atoms with van der Waals surface area (Å²) in [6.07, 6.45) is 4.20. The number of nitrogens with two attached hydrogens (primary N) is 1. The largest absolute Gasteiger partial charge is 0.400 e. The molecule has 4 aliphatic rings. The van der Waals surface area contributed by atoms with E-state index in [0.717, 1.165) is 50.7 Å². The van der Waals surface area contributed by atoms with Crippen LogP contribution in [0.4, 0.5) is 14.6 Å². The number of carbonyl (C=O) groups excluding carboxylic acids is 2. The van der Waals surface area contributed by atoms with Crippen LogP contribution in [0.5, 0.6) is 0 Å². The zero-order valence-corrected chi connectivity index (χ0v) is 27.3. The molecule has 252 valence electrons. The molecule has 2 aromatic rings. The lowest BCUT2D eigenvalue weighted by atomic mass is 9.74. The first-order chi connectivity index (χ1) is 22.6. The maximum atomic E-state index is 13.1. The number of aliphatic hydroxyl groups is 1. The molecule has 0 bridgehead atoms. The molecule has 14 heteroatoms. The summed E-state index contributed by atoms with van der Waals surface area (Å²) in [6.45, 7) is 5.43. The second-order valence-electron chi connectivity index (χ2n) is 12.4. The summed E-state index contributed by atoms with van der Waals surface area (Å²) in [5.74, 6) is -0.155. The number of amidine groups is 1. The third-order valence-corrected chi connectivity index (χ3v) is 9.54. The van der Waals surface area contributed by atoms with Crippen LogP contribution in [0.3, 0.4) is 0 Å². The lowest BCUT2D eigenvalue weighted by Gasteiger charge is -2.48. The number of aliphatic hydroxyl groups excluding tert-OH is 1. The number of aldehydes is 1. The van der Waals surface area contributed by atoms with Crippen molar-refractivity contribution in [3.05, 3.63) is 76.3 Å². The van der Waals surface area contributed by atoms with Gasteiger partial charge in [-0.15, -0.1) is 0 Å². The Kier molecular flexibility index (Phi) is 10.6. The normalized spacial score (nSPS) is 27.6. The van der Waals surface area contributed by atoms with Crippen molar-refractivity contribution in [3.8, 4) is 0 Å². The summed E-state index contributed by atoms with van der Waals surface area (Å²) >= 11 is 6.73. The first-order valence-corrected chi connectivity index (χ1v) is 15.9. The van der Waals surface area contributed by atoms with Crippen LogP contribution in [0.1, 0.15) is 67.4 Å². The summed E-state index contributed by atoms with van der Waals surface area (Å²) in [5.41, 5.74) is 8.31. The van der Waals surface area contributed by atoms with Crippen molar-refractivity contribution in [1.29, 1.82) is 0 Å². The maximum Gasteiger partial charge on any atom is 0.264 e. The molecule has 3 atom stereocenters. The molecule has 1 aliphatic carbocycles. The molecule has 2 unspecified atom stereocenters. The lowest BCUT2D eigenvalue weighted by molar-refractivity contribution is -0.121. The van der Waals surface area contributed by atoms with Gasteiger partial charge in [-0.05, 0) is 62.4 Å². The fourth-order valence-electron chi connectivity index (χ4n) is 6.60. The van der Waals surface area contributed by atoms with E-state index in [4.69, 9.17) is 27.2 Å². The quantitative estimate of drug-likeness (QED) is 0.248. The monoisotopic (exact) mass is 671 g/mol. The number of fused-ring (bicyclic) bond motifs is 1. The number of aliphatic imine (C=N–C) groups is 1. The van der Waals surface area contributed by atoms with E-state index in [2.05, 4.69) is 32.4 Å². The first-order valence-electron chi connectivity index (χ1n) is 15.5. The van der Waals surface area contributed by atoms with E-state index >= 15 is 0 Å². The van der Waals surface area contributed by atoms with Crippen LogP contribution in [0.2, 0.25) is 0 Å². The second kappa shape index (κ2) is 14.5. The maximum absolute atomic E-state index is 13.1. The Morgan fingerprint density at radius 2 is 1.94 bits per heavy atom. The molecule has 4 heterocycles. The van der Waals surface area contributed by atoms with Gasteiger partial charge in [0, 0.05) is 48.5 Å². The minimum absolute atomic E-state index is 0.0391. The summed E-state index contributed by atoms with van der Waals surface area (Å²) < 4.78 is 32.5. The van der Waals surface area contributed by atoms with Gasteiger partial charge in [0.15, 0.2) is 0 Å². The highest BCUT2D eigenvalue weighted by Gasteiger charge is 2.46. The van der Waals surface area contributed by atoms with Gasteiger partial charge in [0.2, 0.25) is 0 Å². The van der Waals surface area contributed by atoms with E-state index in [9.17, 15) is 18.4 Å². The topological polar surface area (TPSA) is 145 Å². The Labute approximate surface area is 277 Å². The van der Waals surface area contributed by atoms with Crippen LogP contribution in [0, 0.1) is 5.41 Å². The SMILES string of the molecule is CO.C[C@H]1COC(C2NC(c3ccc(C(=O)Nc4cc(C(F)F)ccn4)cc3)=C3C(N)=NC=C(Cl)N32)CN1C1CCC(C)(C=O)CC1. The number of hydrogen-bond donors (Lipinski definition) is 4. The number of nitrogens with one attached hydrogen (secondary N) is 2. The van der Waals surface area contributed by atoms with Crippen molar-refractivity contribution in [1.82, 2.24) is 20.1 Å². The molecule has 11 nitrogen and oxygen atoms in total. The van der Waals surface area contributed by atoms with E-state index in [1.54, 1.807) is 24.3 Å². The fraction of sp³-hybridized carbons (Fsp3) is 0.455. The second-order valence-corrected chi connectivity index (χ2v) is 12.8. The number of amides is 1. The van der Waals surface area contributed by atoms with E-state index in [1.807, 2.05) is 11.8 Å². The molecule has 47 heavy (non-hydrogen) atoms. The van der Waals surface area contributed by atoms with E-state index < -0.39 is 12.3 Å². The van der Waals surface area contributed by atoms with Crippen molar-refractivity contribution in [2.45, 2.75) is 70.3 Å². The summed E-state index contributed by atoms with van der Waals surface area (Å²) in [4.78, 5) is 37.2. The standard InChI is InChI=1S/C32H36ClF2N7O3.CH4O/c1-18-16-45-23(15-41(18)22-7-10-32(2,17-43)11-8-22)30-40-26(27-29(36)38-14-24(33)42(27)30)19-3-5-20(6-4-19)31(44)39-25-13-21(28(34)35)9-12-37-25;1-2/h3-6,9,12-14,17-18,22-23,28,30,40H,7-8,10-11,15-16H2,1-2H3,(H2,36,38)(H,37,39,44);2H,1H3/t18-,22?,23?,30?,32?;/m0./s1. The Hall–Kier alpha value is -3.91. The molecular weight excluding hydrogens is 632 g/mol. The van der Waals surface area contributed by atoms with Gasteiger partial charge in [-0.2, -0.15) is 0 Å². The predicted octanol–water partition coefficient (Wildman–Crippen LogP) is 4.43. The van der Waals surface area contributed by atoms with E-state index in [-0.39, 0.29) is 40.9 Å². The van der Waals surface area contributed by atoms with Crippen LogP contribution in [0.15, 0.2) is 64.6 Å². The van der Waals surface area contributed by atoms with E-state index in [1.165, 1.54) is 18.5 Å². The van der Waals surface area contributed by atoms with Crippen molar-refractivity contribution in [2.24, 2.45) is 16.1 Å². The number of hydrogen-bond acceptors (Lipinski definition) is 10. The molecular formula is C33H40ClF2N7O4. The van der Waals surface area contributed by atoms with Gasteiger partial charge in [0.1, 0.15) is 41.1 Å². The van der Waals surface area contributed by atoms with Gasteiger partial charge in [0.05, 0.1) is 18.5 Å². The fourth-order valence-corrected chi connectivity index (χ4v) is 6.83. The molecule has 1 aromatic carbocycles. The van der Waals surface area contributed by atoms with Gasteiger partial charge in [-0.25, -0.2) is 18.8 Å². The van der Waals surface area contributed by atoms with Gasteiger partial charge < -0.3 is 35.9 Å².